The second-order valence-corrected chi connectivity index (χ2v) is 5.57. The summed E-state index contributed by atoms with van der Waals surface area (Å²) in [4.78, 5) is 14.2. The van der Waals surface area contributed by atoms with E-state index in [1.165, 1.54) is 24.0 Å². The number of benzene rings is 1. The third-order valence-corrected chi connectivity index (χ3v) is 3.98. The second-order valence-electron chi connectivity index (χ2n) is 5.57. The van der Waals surface area contributed by atoms with Gasteiger partial charge in [0.05, 0.1) is 6.04 Å². The van der Waals surface area contributed by atoms with Gasteiger partial charge in [0.2, 0.25) is 5.91 Å². The molecular formula is C15H20N2O. The minimum Gasteiger partial charge on any atom is -0.344 e. The number of carbonyl (C=O) groups is 1. The number of hydrogen-bond donors (Lipinski definition) is 1. The Morgan fingerprint density at radius 2 is 2.06 bits per heavy atom. The maximum Gasteiger partial charge on any atom is 0.239 e. The second kappa shape index (κ2) is 4.73. The molecule has 1 aromatic carbocycles. The van der Waals surface area contributed by atoms with Crippen molar-refractivity contribution in [2.45, 2.75) is 31.8 Å². The maximum absolute atomic E-state index is 12.3. The first kappa shape index (κ1) is 11.7. The molecule has 0 bridgehead atoms. The summed E-state index contributed by atoms with van der Waals surface area (Å²) in [5.74, 6) is 1.01. The number of hydrogen-bond acceptors (Lipinski definition) is 2. The molecule has 1 saturated carbocycles. The molecule has 0 saturated heterocycles. The molecule has 1 aromatic rings. The Morgan fingerprint density at radius 1 is 1.33 bits per heavy atom. The highest BCUT2D eigenvalue weighted by molar-refractivity contribution is 5.82. The lowest BCUT2D eigenvalue weighted by Crippen LogP contribution is -2.48. The molecule has 1 atom stereocenters. The van der Waals surface area contributed by atoms with Crippen LogP contribution in [0.25, 0.3) is 0 Å². The highest BCUT2D eigenvalue weighted by Gasteiger charge is 2.30. The van der Waals surface area contributed by atoms with Crippen molar-refractivity contribution in [3.8, 4) is 0 Å². The molecule has 0 spiro atoms. The van der Waals surface area contributed by atoms with Crippen molar-refractivity contribution in [1.29, 1.82) is 0 Å². The summed E-state index contributed by atoms with van der Waals surface area (Å²) in [7, 11) is 1.93. The lowest BCUT2D eigenvalue weighted by atomic mass is 9.95. The Hall–Kier alpha value is -1.35. The molecule has 0 radical (unpaired) electrons. The van der Waals surface area contributed by atoms with Crippen LogP contribution in [0.1, 0.15) is 24.0 Å². The van der Waals surface area contributed by atoms with E-state index in [9.17, 15) is 4.79 Å². The third kappa shape index (κ3) is 2.41. The highest BCUT2D eigenvalue weighted by Crippen LogP contribution is 2.29. The molecule has 2 aliphatic rings. The van der Waals surface area contributed by atoms with Crippen molar-refractivity contribution in [3.63, 3.8) is 0 Å². The molecule has 0 aromatic heterocycles. The van der Waals surface area contributed by atoms with Gasteiger partial charge in [-0.05, 0) is 36.3 Å². The van der Waals surface area contributed by atoms with Gasteiger partial charge in [-0.15, -0.1) is 0 Å². The topological polar surface area (TPSA) is 32.3 Å². The zero-order valence-electron chi connectivity index (χ0n) is 10.9. The van der Waals surface area contributed by atoms with Crippen LogP contribution in [0.15, 0.2) is 24.3 Å². The van der Waals surface area contributed by atoms with E-state index in [0.29, 0.717) is 0 Å². The number of likely N-dealkylation sites (N-methyl/N-ethyl adjacent to an activating group) is 1. The molecule has 1 heterocycles. The van der Waals surface area contributed by atoms with E-state index in [-0.39, 0.29) is 11.9 Å². The van der Waals surface area contributed by atoms with Crippen molar-refractivity contribution >= 4 is 5.91 Å². The van der Waals surface area contributed by atoms with Gasteiger partial charge in [-0.3, -0.25) is 4.79 Å². The standard InChI is InChI=1S/C15H20N2O/c1-17(10-11-6-7-11)15(18)14-8-12-4-2-3-5-13(12)9-16-14/h2-5,11,14,16H,6-10H2,1H3. The number of nitrogens with zero attached hydrogens (tertiary/aromatic N) is 1. The first-order valence-corrected chi connectivity index (χ1v) is 6.79. The largest absolute Gasteiger partial charge is 0.344 e. The summed E-state index contributed by atoms with van der Waals surface area (Å²) in [5.41, 5.74) is 2.64. The van der Waals surface area contributed by atoms with Crippen molar-refractivity contribution < 1.29 is 4.79 Å². The van der Waals surface area contributed by atoms with Crippen LogP contribution >= 0.6 is 0 Å². The van der Waals surface area contributed by atoms with Crippen molar-refractivity contribution in [2.24, 2.45) is 5.92 Å². The molecule has 1 unspecified atom stereocenters. The predicted octanol–water partition coefficient (Wildman–Crippen LogP) is 1.57. The molecular weight excluding hydrogens is 224 g/mol. The SMILES string of the molecule is CN(CC1CC1)C(=O)C1Cc2ccccc2CN1. The van der Waals surface area contributed by atoms with Gasteiger partial charge < -0.3 is 10.2 Å². The van der Waals surface area contributed by atoms with Crippen LogP contribution < -0.4 is 5.32 Å². The number of carbonyl (C=O) groups excluding carboxylic acids is 1. The van der Waals surface area contributed by atoms with Gasteiger partial charge in [-0.25, -0.2) is 0 Å². The van der Waals surface area contributed by atoms with Crippen molar-refractivity contribution in [1.82, 2.24) is 10.2 Å². The Bertz CT molecular complexity index is 454. The third-order valence-electron chi connectivity index (χ3n) is 3.98. The highest BCUT2D eigenvalue weighted by atomic mass is 16.2. The molecule has 1 fully saturated rings. The smallest absolute Gasteiger partial charge is 0.239 e. The van der Waals surface area contributed by atoms with E-state index in [0.717, 1.165) is 25.4 Å². The summed E-state index contributed by atoms with van der Waals surface area (Å²) in [6.45, 7) is 1.74. The minimum atomic E-state index is -0.0383. The predicted molar refractivity (Wildman–Crippen MR) is 71.1 cm³/mol. The van der Waals surface area contributed by atoms with Crippen molar-refractivity contribution in [3.05, 3.63) is 35.4 Å². The van der Waals surface area contributed by atoms with E-state index < -0.39 is 0 Å². The van der Waals surface area contributed by atoms with Crippen LogP contribution in [0.2, 0.25) is 0 Å². The van der Waals surface area contributed by atoms with Gasteiger partial charge in [-0.1, -0.05) is 24.3 Å². The minimum absolute atomic E-state index is 0.0383. The summed E-state index contributed by atoms with van der Waals surface area (Å²) in [5, 5.41) is 3.36. The molecule has 3 nitrogen and oxygen atoms in total. The van der Waals surface area contributed by atoms with Crippen LogP contribution in [0.5, 0.6) is 0 Å². The molecule has 1 aliphatic heterocycles. The number of fused-ring (bicyclic) bond motifs is 1. The zero-order valence-corrected chi connectivity index (χ0v) is 10.9. The Kier molecular flexibility index (Phi) is 3.08. The van der Waals surface area contributed by atoms with Crippen LogP contribution in [-0.2, 0) is 17.8 Å². The molecule has 1 N–H and O–H groups in total. The van der Waals surface area contributed by atoms with Crippen LogP contribution in [0, 0.1) is 5.92 Å². The van der Waals surface area contributed by atoms with E-state index in [1.54, 1.807) is 0 Å². The summed E-state index contributed by atoms with van der Waals surface area (Å²) < 4.78 is 0. The summed E-state index contributed by atoms with van der Waals surface area (Å²) in [6.07, 6.45) is 3.40. The monoisotopic (exact) mass is 244 g/mol. The Balaban J connectivity index is 1.65. The summed E-state index contributed by atoms with van der Waals surface area (Å²) in [6, 6.07) is 8.35. The van der Waals surface area contributed by atoms with Gasteiger partial charge in [-0.2, -0.15) is 0 Å². The van der Waals surface area contributed by atoms with E-state index in [4.69, 9.17) is 0 Å². The Labute approximate surface area is 108 Å². The molecule has 3 rings (SSSR count). The number of nitrogens with one attached hydrogen (secondary N) is 1. The fraction of sp³-hybridized carbons (Fsp3) is 0.533. The maximum atomic E-state index is 12.3. The van der Waals surface area contributed by atoms with Crippen LogP contribution in [-0.4, -0.2) is 30.4 Å². The van der Waals surface area contributed by atoms with Crippen LogP contribution in [0.3, 0.4) is 0 Å². The van der Waals surface area contributed by atoms with E-state index in [2.05, 4.69) is 29.6 Å². The molecule has 96 valence electrons. The van der Waals surface area contributed by atoms with Gasteiger partial charge >= 0.3 is 0 Å². The lowest BCUT2D eigenvalue weighted by molar-refractivity contribution is -0.132. The Morgan fingerprint density at radius 3 is 2.78 bits per heavy atom. The fourth-order valence-electron chi connectivity index (χ4n) is 2.67. The fourth-order valence-corrected chi connectivity index (χ4v) is 2.67. The average molecular weight is 244 g/mol. The van der Waals surface area contributed by atoms with Gasteiger partial charge in [0, 0.05) is 20.1 Å². The average Bonchev–Trinajstić information content (AvgIpc) is 3.21. The number of amides is 1. The lowest BCUT2D eigenvalue weighted by Gasteiger charge is -2.29. The van der Waals surface area contributed by atoms with E-state index >= 15 is 0 Å². The van der Waals surface area contributed by atoms with Crippen molar-refractivity contribution in [2.75, 3.05) is 13.6 Å². The number of rotatable bonds is 3. The van der Waals surface area contributed by atoms with Gasteiger partial charge in [0.15, 0.2) is 0 Å². The van der Waals surface area contributed by atoms with E-state index in [1.807, 2.05) is 11.9 Å². The van der Waals surface area contributed by atoms with Crippen LogP contribution in [0.4, 0.5) is 0 Å². The molecule has 3 heteroatoms. The molecule has 18 heavy (non-hydrogen) atoms. The zero-order chi connectivity index (χ0) is 12.5. The van der Waals surface area contributed by atoms with Gasteiger partial charge in [0.1, 0.15) is 0 Å². The van der Waals surface area contributed by atoms with Gasteiger partial charge in [0.25, 0.3) is 0 Å². The molecule has 1 aliphatic carbocycles. The first-order valence-electron chi connectivity index (χ1n) is 6.79. The first-order chi connectivity index (χ1) is 8.74. The molecule has 1 amide bonds. The summed E-state index contributed by atoms with van der Waals surface area (Å²) >= 11 is 0. The normalized spacial score (nSPS) is 22.4. The quantitative estimate of drug-likeness (QED) is 0.875.